The number of hydrogen-bond donors (Lipinski definition) is 1. The van der Waals surface area contributed by atoms with Gasteiger partial charge < -0.3 is 14.6 Å². The lowest BCUT2D eigenvalue weighted by Crippen LogP contribution is -2.56. The number of aromatic nitrogens is 1. The van der Waals surface area contributed by atoms with Gasteiger partial charge in [0, 0.05) is 0 Å². The van der Waals surface area contributed by atoms with Crippen molar-refractivity contribution in [3.63, 3.8) is 0 Å². The van der Waals surface area contributed by atoms with E-state index in [1.807, 2.05) is 0 Å². The van der Waals surface area contributed by atoms with Crippen molar-refractivity contribution in [2.24, 2.45) is 5.92 Å². The summed E-state index contributed by atoms with van der Waals surface area (Å²) < 4.78 is 9.67. The van der Waals surface area contributed by atoms with Crippen LogP contribution in [-0.2, 0) is 24.5 Å². The number of carbonyl (C=O) groups is 2. The Hall–Kier alpha value is -1.37. The molecule has 1 N–H and O–H groups in total. The van der Waals surface area contributed by atoms with E-state index < -0.39 is 29.4 Å². The van der Waals surface area contributed by atoms with E-state index in [9.17, 15) is 14.7 Å². The summed E-state index contributed by atoms with van der Waals surface area (Å²) in [5.74, 6) is -2.04. The first-order valence-electron chi connectivity index (χ1n) is 6.54. The molecule has 1 heterocycles. The largest absolute Gasteiger partial charge is 0.468 e. The number of aliphatic hydroxyl groups is 1. The van der Waals surface area contributed by atoms with Crippen molar-refractivity contribution in [3.05, 3.63) is 28.0 Å². The van der Waals surface area contributed by atoms with Crippen LogP contribution >= 0.6 is 23.2 Å². The number of rotatable bonds is 4. The molecule has 0 unspecified atom stereocenters. The van der Waals surface area contributed by atoms with Crippen LogP contribution in [0.15, 0.2) is 12.1 Å². The molecule has 1 fully saturated rings. The normalized spacial score (nSPS) is 21.0. The molecule has 0 saturated heterocycles. The highest BCUT2D eigenvalue weighted by molar-refractivity contribution is 6.32. The smallest absolute Gasteiger partial charge is 0.328 e. The summed E-state index contributed by atoms with van der Waals surface area (Å²) in [4.78, 5) is 28.8. The van der Waals surface area contributed by atoms with Gasteiger partial charge in [-0.25, -0.2) is 4.98 Å². The SMILES string of the molecule is COC(=O)C(C(=O)OC)(c1cc(Cl)nc(Cl)c1)C1CC(O)C1. The zero-order valence-corrected chi connectivity index (χ0v) is 13.5. The van der Waals surface area contributed by atoms with Gasteiger partial charge in [0.1, 0.15) is 10.3 Å². The summed E-state index contributed by atoms with van der Waals surface area (Å²) in [6.07, 6.45) is -0.0461. The molecule has 0 radical (unpaired) electrons. The van der Waals surface area contributed by atoms with Gasteiger partial charge in [-0.15, -0.1) is 0 Å². The van der Waals surface area contributed by atoms with Crippen molar-refractivity contribution in [1.82, 2.24) is 4.98 Å². The second kappa shape index (κ2) is 6.40. The minimum absolute atomic E-state index is 0.0413. The number of methoxy groups -OCH3 is 2. The number of hydrogen-bond acceptors (Lipinski definition) is 6. The van der Waals surface area contributed by atoms with Gasteiger partial charge in [0.2, 0.25) is 0 Å². The van der Waals surface area contributed by atoms with Crippen molar-refractivity contribution < 1.29 is 24.2 Å². The van der Waals surface area contributed by atoms with Crippen molar-refractivity contribution >= 4 is 35.1 Å². The molecule has 6 nitrogen and oxygen atoms in total. The molecule has 0 amide bonds. The fraction of sp³-hybridized carbons (Fsp3) is 0.500. The van der Waals surface area contributed by atoms with E-state index in [0.29, 0.717) is 0 Å². The summed E-state index contributed by atoms with van der Waals surface area (Å²) in [6, 6.07) is 2.76. The third kappa shape index (κ3) is 2.66. The van der Waals surface area contributed by atoms with Crippen LogP contribution in [0, 0.1) is 5.92 Å². The minimum atomic E-state index is -1.72. The summed E-state index contributed by atoms with van der Waals surface area (Å²) in [6.45, 7) is 0. The maximum absolute atomic E-state index is 12.5. The summed E-state index contributed by atoms with van der Waals surface area (Å²) in [7, 11) is 2.36. The third-order valence-corrected chi connectivity index (χ3v) is 4.35. The van der Waals surface area contributed by atoms with E-state index in [1.54, 1.807) is 0 Å². The summed E-state index contributed by atoms with van der Waals surface area (Å²) in [5.41, 5.74) is -1.48. The molecule has 0 aliphatic heterocycles. The second-order valence-electron chi connectivity index (χ2n) is 5.11. The number of carbonyl (C=O) groups excluding carboxylic acids is 2. The lowest BCUT2D eigenvalue weighted by Gasteiger charge is -2.43. The molecule has 1 aromatic heterocycles. The van der Waals surface area contributed by atoms with Crippen molar-refractivity contribution in [1.29, 1.82) is 0 Å². The van der Waals surface area contributed by atoms with Gasteiger partial charge >= 0.3 is 11.9 Å². The highest BCUT2D eigenvalue weighted by Gasteiger charge is 2.59. The maximum atomic E-state index is 12.5. The van der Waals surface area contributed by atoms with Crippen molar-refractivity contribution in [2.75, 3.05) is 14.2 Å². The number of aliphatic hydroxyl groups excluding tert-OH is 1. The molecule has 0 atom stereocenters. The molecule has 1 saturated carbocycles. The van der Waals surface area contributed by atoms with Crippen LogP contribution in [-0.4, -0.2) is 42.4 Å². The van der Waals surface area contributed by atoms with E-state index in [0.717, 1.165) is 0 Å². The first-order chi connectivity index (χ1) is 10.4. The van der Waals surface area contributed by atoms with Gasteiger partial charge in [-0.2, -0.15) is 0 Å². The topological polar surface area (TPSA) is 85.7 Å². The molecule has 120 valence electrons. The third-order valence-electron chi connectivity index (χ3n) is 3.96. The molecule has 0 spiro atoms. The molecule has 0 aromatic carbocycles. The minimum Gasteiger partial charge on any atom is -0.468 e. The first-order valence-corrected chi connectivity index (χ1v) is 7.30. The van der Waals surface area contributed by atoms with Crippen LogP contribution in [0.3, 0.4) is 0 Å². The molecule has 8 heteroatoms. The standard InChI is InChI=1S/C14H15Cl2NO5/c1-21-12(19)14(13(20)22-2,7-3-9(18)4-7)8-5-10(15)17-11(16)6-8/h5-7,9,18H,3-4H2,1-2H3. The van der Waals surface area contributed by atoms with Crippen LogP contribution in [0.2, 0.25) is 10.3 Å². The van der Waals surface area contributed by atoms with Gasteiger partial charge in [0.15, 0.2) is 5.41 Å². The summed E-state index contributed by atoms with van der Waals surface area (Å²) in [5, 5.41) is 9.66. The molecule has 1 aromatic rings. The first kappa shape index (κ1) is 17.0. The highest BCUT2D eigenvalue weighted by Crippen LogP contribution is 2.47. The number of ether oxygens (including phenoxy) is 2. The van der Waals surface area contributed by atoms with E-state index >= 15 is 0 Å². The highest BCUT2D eigenvalue weighted by atomic mass is 35.5. The van der Waals surface area contributed by atoms with Gasteiger partial charge in [-0.05, 0) is 36.5 Å². The van der Waals surface area contributed by atoms with Gasteiger partial charge in [-0.3, -0.25) is 9.59 Å². The van der Waals surface area contributed by atoms with Crippen LogP contribution in [0.4, 0.5) is 0 Å². The van der Waals surface area contributed by atoms with Crippen molar-refractivity contribution in [2.45, 2.75) is 24.4 Å². The van der Waals surface area contributed by atoms with Gasteiger partial charge in [0.25, 0.3) is 0 Å². The number of nitrogens with zero attached hydrogens (tertiary/aromatic N) is 1. The Kier molecular flexibility index (Phi) is 4.94. The number of halogens is 2. The van der Waals surface area contributed by atoms with E-state index in [2.05, 4.69) is 4.98 Å². The lowest BCUT2D eigenvalue weighted by molar-refractivity contribution is -0.170. The van der Waals surface area contributed by atoms with Crippen LogP contribution in [0.25, 0.3) is 0 Å². The Bertz CT molecular complexity index is 565. The molecule has 22 heavy (non-hydrogen) atoms. The Morgan fingerprint density at radius 2 is 1.64 bits per heavy atom. The molecular weight excluding hydrogens is 333 g/mol. The van der Waals surface area contributed by atoms with Gasteiger partial charge in [0.05, 0.1) is 20.3 Å². The fourth-order valence-corrected chi connectivity index (χ4v) is 3.30. The Morgan fingerprint density at radius 3 is 2.00 bits per heavy atom. The Morgan fingerprint density at radius 1 is 1.18 bits per heavy atom. The predicted octanol–water partition coefficient (Wildman–Crippen LogP) is 1.74. The van der Waals surface area contributed by atoms with Crippen LogP contribution in [0.5, 0.6) is 0 Å². The molecular formula is C14H15Cl2NO5. The van der Waals surface area contributed by atoms with Crippen LogP contribution in [0.1, 0.15) is 18.4 Å². The second-order valence-corrected chi connectivity index (χ2v) is 5.89. The molecule has 0 bridgehead atoms. The quantitative estimate of drug-likeness (QED) is 0.507. The molecule has 2 rings (SSSR count). The Balaban J connectivity index is 2.66. The zero-order valence-electron chi connectivity index (χ0n) is 12.0. The molecule has 1 aliphatic rings. The summed E-state index contributed by atoms with van der Waals surface area (Å²) >= 11 is 11.8. The average Bonchev–Trinajstić information content (AvgIpc) is 2.44. The monoisotopic (exact) mass is 347 g/mol. The predicted molar refractivity (Wildman–Crippen MR) is 78.7 cm³/mol. The number of esters is 2. The Labute approximate surface area is 137 Å². The maximum Gasteiger partial charge on any atom is 0.328 e. The zero-order chi connectivity index (χ0) is 16.5. The lowest BCUT2D eigenvalue weighted by atomic mass is 9.61. The van der Waals surface area contributed by atoms with E-state index in [4.69, 9.17) is 32.7 Å². The average molecular weight is 348 g/mol. The molecule has 1 aliphatic carbocycles. The number of pyridine rings is 1. The van der Waals surface area contributed by atoms with Crippen LogP contribution < -0.4 is 0 Å². The van der Waals surface area contributed by atoms with E-state index in [-0.39, 0.29) is 28.7 Å². The van der Waals surface area contributed by atoms with E-state index in [1.165, 1.54) is 26.4 Å². The van der Waals surface area contributed by atoms with Crippen molar-refractivity contribution in [3.8, 4) is 0 Å². The fourth-order valence-electron chi connectivity index (χ4n) is 2.84. The van der Waals surface area contributed by atoms with Gasteiger partial charge in [-0.1, -0.05) is 23.2 Å².